The van der Waals surface area contributed by atoms with Crippen LogP contribution in [0.25, 0.3) is 0 Å². The van der Waals surface area contributed by atoms with Crippen molar-refractivity contribution in [3.63, 3.8) is 0 Å². The molecule has 0 heterocycles. The van der Waals surface area contributed by atoms with Crippen molar-refractivity contribution in [3.8, 4) is 6.07 Å². The van der Waals surface area contributed by atoms with Crippen LogP contribution in [0, 0.1) is 18.3 Å². The molecule has 0 fully saturated rings. The summed E-state index contributed by atoms with van der Waals surface area (Å²) in [5.74, 6) is 0.458. The maximum absolute atomic E-state index is 8.96. The fraction of sp³-hybridized carbons (Fsp3) is 0.235. The standard InChI is InChI=1S/C17H17BrN2/c1-11(2)15-6-4-5-12(3)17(15)20-14-8-7-13(10-19)16(18)9-14/h4-9,11,20H,1-3H3. The van der Waals surface area contributed by atoms with Gasteiger partial charge in [-0.2, -0.15) is 5.26 Å². The van der Waals surface area contributed by atoms with Crippen molar-refractivity contribution in [3.05, 3.63) is 57.6 Å². The Balaban J connectivity index is 2.40. The number of nitriles is 1. The molecule has 2 rings (SSSR count). The molecule has 2 aromatic carbocycles. The van der Waals surface area contributed by atoms with Gasteiger partial charge in [0, 0.05) is 15.8 Å². The van der Waals surface area contributed by atoms with Crippen molar-refractivity contribution in [2.45, 2.75) is 26.7 Å². The largest absolute Gasteiger partial charge is 0.355 e. The highest BCUT2D eigenvalue weighted by atomic mass is 79.9. The first-order chi connectivity index (χ1) is 9.52. The minimum absolute atomic E-state index is 0.458. The van der Waals surface area contributed by atoms with Crippen molar-refractivity contribution in [1.29, 1.82) is 5.26 Å². The number of anilines is 2. The lowest BCUT2D eigenvalue weighted by Gasteiger charge is -2.17. The highest BCUT2D eigenvalue weighted by molar-refractivity contribution is 9.10. The van der Waals surface area contributed by atoms with Gasteiger partial charge in [-0.3, -0.25) is 0 Å². The molecular weight excluding hydrogens is 312 g/mol. The van der Waals surface area contributed by atoms with Crippen molar-refractivity contribution in [2.24, 2.45) is 0 Å². The second-order valence-corrected chi connectivity index (χ2v) is 5.98. The molecule has 0 aliphatic carbocycles. The molecule has 0 aromatic heterocycles. The predicted molar refractivity (Wildman–Crippen MR) is 87.4 cm³/mol. The molecule has 2 nitrogen and oxygen atoms in total. The minimum Gasteiger partial charge on any atom is -0.355 e. The van der Waals surface area contributed by atoms with E-state index in [0.29, 0.717) is 11.5 Å². The van der Waals surface area contributed by atoms with Crippen LogP contribution in [0.1, 0.15) is 36.5 Å². The van der Waals surface area contributed by atoms with Gasteiger partial charge >= 0.3 is 0 Å². The second-order valence-electron chi connectivity index (χ2n) is 5.13. The zero-order valence-electron chi connectivity index (χ0n) is 11.9. The molecular formula is C17H17BrN2. The average Bonchev–Trinajstić information content (AvgIpc) is 2.41. The topological polar surface area (TPSA) is 35.8 Å². The second kappa shape index (κ2) is 6.11. The van der Waals surface area contributed by atoms with E-state index in [-0.39, 0.29) is 0 Å². The Labute approximate surface area is 128 Å². The van der Waals surface area contributed by atoms with Crippen LogP contribution in [0.3, 0.4) is 0 Å². The number of benzene rings is 2. The molecule has 102 valence electrons. The van der Waals surface area contributed by atoms with Gasteiger partial charge in [0.2, 0.25) is 0 Å². The molecule has 3 heteroatoms. The number of hydrogen-bond acceptors (Lipinski definition) is 2. The summed E-state index contributed by atoms with van der Waals surface area (Å²) in [7, 11) is 0. The fourth-order valence-corrected chi connectivity index (χ4v) is 2.64. The lowest BCUT2D eigenvalue weighted by Crippen LogP contribution is -2.00. The molecule has 0 saturated heterocycles. The third-order valence-corrected chi connectivity index (χ3v) is 3.94. The number of nitrogens with zero attached hydrogens (tertiary/aromatic N) is 1. The number of para-hydroxylation sites is 1. The smallest absolute Gasteiger partial charge is 0.100 e. The average molecular weight is 329 g/mol. The molecule has 0 bridgehead atoms. The van der Waals surface area contributed by atoms with E-state index in [1.165, 1.54) is 11.1 Å². The van der Waals surface area contributed by atoms with Crippen LogP contribution in [0.2, 0.25) is 0 Å². The normalized spacial score (nSPS) is 10.4. The third kappa shape index (κ3) is 3.02. The summed E-state index contributed by atoms with van der Waals surface area (Å²) < 4.78 is 0.810. The lowest BCUT2D eigenvalue weighted by molar-refractivity contribution is 0.867. The first kappa shape index (κ1) is 14.6. The maximum Gasteiger partial charge on any atom is 0.100 e. The van der Waals surface area contributed by atoms with E-state index in [2.05, 4.69) is 66.3 Å². The summed E-state index contributed by atoms with van der Waals surface area (Å²) in [4.78, 5) is 0. The summed E-state index contributed by atoms with van der Waals surface area (Å²) in [5.41, 5.74) is 5.29. The molecule has 0 aliphatic rings. The minimum atomic E-state index is 0.458. The Kier molecular flexibility index (Phi) is 4.46. The Morgan fingerprint density at radius 3 is 2.55 bits per heavy atom. The van der Waals surface area contributed by atoms with Gasteiger partial charge in [0.25, 0.3) is 0 Å². The van der Waals surface area contributed by atoms with Crippen LogP contribution >= 0.6 is 15.9 Å². The van der Waals surface area contributed by atoms with Gasteiger partial charge in [-0.25, -0.2) is 0 Å². The molecule has 1 N–H and O–H groups in total. The van der Waals surface area contributed by atoms with Crippen molar-refractivity contribution in [2.75, 3.05) is 5.32 Å². The Morgan fingerprint density at radius 2 is 1.95 bits per heavy atom. The van der Waals surface area contributed by atoms with E-state index in [0.717, 1.165) is 15.8 Å². The molecule has 0 spiro atoms. The van der Waals surface area contributed by atoms with Gasteiger partial charge in [0.05, 0.1) is 5.56 Å². The predicted octanol–water partition coefficient (Wildman–Crippen LogP) is 5.50. The number of aryl methyl sites for hydroxylation is 1. The van der Waals surface area contributed by atoms with Gasteiger partial charge < -0.3 is 5.32 Å². The van der Waals surface area contributed by atoms with Crippen LogP contribution in [-0.4, -0.2) is 0 Å². The van der Waals surface area contributed by atoms with Gasteiger partial charge in [-0.05, 0) is 58.1 Å². The summed E-state index contributed by atoms with van der Waals surface area (Å²) in [6.45, 7) is 6.48. The van der Waals surface area contributed by atoms with E-state index in [1.54, 1.807) is 0 Å². The number of hydrogen-bond donors (Lipinski definition) is 1. The van der Waals surface area contributed by atoms with Gasteiger partial charge in [0.1, 0.15) is 6.07 Å². The van der Waals surface area contributed by atoms with E-state index in [4.69, 9.17) is 5.26 Å². The van der Waals surface area contributed by atoms with E-state index in [9.17, 15) is 0 Å². The Bertz CT molecular complexity index is 669. The molecule has 0 atom stereocenters. The zero-order valence-corrected chi connectivity index (χ0v) is 13.5. The molecule has 0 amide bonds. The Morgan fingerprint density at radius 1 is 1.20 bits per heavy atom. The fourth-order valence-electron chi connectivity index (χ4n) is 2.17. The van der Waals surface area contributed by atoms with Crippen LogP contribution in [0.5, 0.6) is 0 Å². The molecule has 0 aliphatic heterocycles. The molecule has 0 radical (unpaired) electrons. The van der Waals surface area contributed by atoms with Crippen molar-refractivity contribution in [1.82, 2.24) is 0 Å². The monoisotopic (exact) mass is 328 g/mol. The quantitative estimate of drug-likeness (QED) is 0.807. The van der Waals surface area contributed by atoms with Gasteiger partial charge in [-0.1, -0.05) is 32.0 Å². The van der Waals surface area contributed by atoms with Crippen molar-refractivity contribution >= 4 is 27.3 Å². The Hall–Kier alpha value is -1.79. The summed E-state index contributed by atoms with van der Waals surface area (Å²) in [5, 5.41) is 12.4. The van der Waals surface area contributed by atoms with Crippen LogP contribution in [-0.2, 0) is 0 Å². The molecule has 20 heavy (non-hydrogen) atoms. The first-order valence-electron chi connectivity index (χ1n) is 6.59. The summed E-state index contributed by atoms with van der Waals surface area (Å²) in [6, 6.07) is 14.2. The molecule has 2 aromatic rings. The van der Waals surface area contributed by atoms with Crippen LogP contribution in [0.15, 0.2) is 40.9 Å². The molecule has 0 unspecified atom stereocenters. The van der Waals surface area contributed by atoms with E-state index < -0.39 is 0 Å². The van der Waals surface area contributed by atoms with E-state index >= 15 is 0 Å². The zero-order chi connectivity index (χ0) is 14.7. The number of rotatable bonds is 3. The summed E-state index contributed by atoms with van der Waals surface area (Å²) in [6.07, 6.45) is 0. The lowest BCUT2D eigenvalue weighted by atomic mass is 9.98. The SMILES string of the molecule is Cc1cccc(C(C)C)c1Nc1ccc(C#N)c(Br)c1. The van der Waals surface area contributed by atoms with Gasteiger partial charge in [0.15, 0.2) is 0 Å². The third-order valence-electron chi connectivity index (χ3n) is 3.29. The summed E-state index contributed by atoms with van der Waals surface area (Å²) >= 11 is 3.42. The van der Waals surface area contributed by atoms with Crippen molar-refractivity contribution < 1.29 is 0 Å². The van der Waals surface area contributed by atoms with Gasteiger partial charge in [-0.15, -0.1) is 0 Å². The number of halogens is 1. The van der Waals surface area contributed by atoms with E-state index in [1.807, 2.05) is 18.2 Å². The number of nitrogens with one attached hydrogen (secondary N) is 1. The maximum atomic E-state index is 8.96. The molecule has 0 saturated carbocycles. The highest BCUT2D eigenvalue weighted by Gasteiger charge is 2.10. The van der Waals surface area contributed by atoms with Crippen LogP contribution < -0.4 is 5.32 Å². The highest BCUT2D eigenvalue weighted by Crippen LogP contribution is 2.31. The van der Waals surface area contributed by atoms with Crippen LogP contribution in [0.4, 0.5) is 11.4 Å². The first-order valence-corrected chi connectivity index (χ1v) is 7.38.